The molecule has 0 radical (unpaired) electrons. The summed E-state index contributed by atoms with van der Waals surface area (Å²) in [5, 5.41) is 9.04. The Morgan fingerprint density at radius 2 is 1.71 bits per heavy atom. The third kappa shape index (κ3) is 5.49. The summed E-state index contributed by atoms with van der Waals surface area (Å²) >= 11 is 6.04. The number of halogens is 1. The highest BCUT2D eigenvalue weighted by Gasteiger charge is 2.31. The van der Waals surface area contributed by atoms with Crippen LogP contribution in [-0.2, 0) is 11.2 Å². The number of benzene rings is 1. The lowest BCUT2D eigenvalue weighted by atomic mass is 9.91. The van der Waals surface area contributed by atoms with Gasteiger partial charge < -0.3 is 16.0 Å². The SMILES string of the molecule is CC(C)(C)C(NC(=O)CCc1ccccc1)Nc1c(Nc2cccnc2Cl)c(=O)c1=O. The molecule has 0 saturated heterocycles. The van der Waals surface area contributed by atoms with E-state index in [1.165, 1.54) is 6.20 Å². The summed E-state index contributed by atoms with van der Waals surface area (Å²) < 4.78 is 0. The van der Waals surface area contributed by atoms with Crippen molar-refractivity contribution in [3.05, 3.63) is 79.8 Å². The molecule has 3 N–H and O–H groups in total. The van der Waals surface area contributed by atoms with E-state index in [1.54, 1.807) is 12.1 Å². The molecule has 0 spiro atoms. The minimum atomic E-state index is -0.648. The van der Waals surface area contributed by atoms with Gasteiger partial charge in [-0.05, 0) is 24.1 Å². The number of rotatable bonds is 8. The Morgan fingerprint density at radius 1 is 1.03 bits per heavy atom. The van der Waals surface area contributed by atoms with Crippen LogP contribution in [0.3, 0.4) is 0 Å². The van der Waals surface area contributed by atoms with Crippen LogP contribution in [0.1, 0.15) is 32.8 Å². The fourth-order valence-corrected chi connectivity index (χ4v) is 3.18. The quantitative estimate of drug-likeness (QED) is 0.281. The zero-order valence-electron chi connectivity index (χ0n) is 17.7. The van der Waals surface area contributed by atoms with Gasteiger partial charge in [0.25, 0.3) is 10.9 Å². The number of anilines is 3. The molecular formula is C23H25ClN4O3. The molecule has 1 amide bonds. The topological polar surface area (TPSA) is 100 Å². The van der Waals surface area contributed by atoms with Crippen LogP contribution in [-0.4, -0.2) is 17.1 Å². The smallest absolute Gasteiger partial charge is 0.253 e. The molecule has 7 nitrogen and oxygen atoms in total. The molecule has 0 fully saturated rings. The number of hydrogen-bond donors (Lipinski definition) is 3. The average molecular weight is 441 g/mol. The molecule has 3 aromatic rings. The molecule has 0 aliphatic carbocycles. The van der Waals surface area contributed by atoms with Gasteiger partial charge in [-0.25, -0.2) is 4.98 Å². The van der Waals surface area contributed by atoms with E-state index in [1.807, 2.05) is 51.1 Å². The first-order chi connectivity index (χ1) is 14.7. The highest BCUT2D eigenvalue weighted by molar-refractivity contribution is 6.32. The second-order valence-corrected chi connectivity index (χ2v) is 8.73. The zero-order valence-corrected chi connectivity index (χ0v) is 18.4. The Balaban J connectivity index is 1.72. The lowest BCUT2D eigenvalue weighted by Gasteiger charge is -2.33. The van der Waals surface area contributed by atoms with Crippen LogP contribution in [0.25, 0.3) is 0 Å². The summed E-state index contributed by atoms with van der Waals surface area (Å²) in [5.74, 6) is -0.153. The van der Waals surface area contributed by atoms with Gasteiger partial charge in [-0.3, -0.25) is 14.4 Å². The van der Waals surface area contributed by atoms with E-state index in [2.05, 4.69) is 20.9 Å². The van der Waals surface area contributed by atoms with Gasteiger partial charge in [-0.2, -0.15) is 0 Å². The fraction of sp³-hybridized carbons (Fsp3) is 0.304. The van der Waals surface area contributed by atoms with Crippen molar-refractivity contribution in [3.63, 3.8) is 0 Å². The Bertz CT molecular complexity index is 1130. The minimum Gasteiger partial charge on any atom is -0.360 e. The van der Waals surface area contributed by atoms with E-state index >= 15 is 0 Å². The van der Waals surface area contributed by atoms with Crippen LogP contribution in [0, 0.1) is 5.41 Å². The van der Waals surface area contributed by atoms with E-state index in [4.69, 9.17) is 11.6 Å². The predicted molar refractivity (Wildman–Crippen MR) is 124 cm³/mol. The van der Waals surface area contributed by atoms with E-state index in [0.717, 1.165) is 5.56 Å². The maximum absolute atomic E-state index is 12.6. The molecule has 1 atom stereocenters. The predicted octanol–water partition coefficient (Wildman–Crippen LogP) is 3.61. The molecule has 0 aliphatic heterocycles. The normalized spacial score (nSPS) is 12.4. The van der Waals surface area contributed by atoms with Crippen LogP contribution in [0.4, 0.5) is 17.1 Å². The van der Waals surface area contributed by atoms with E-state index < -0.39 is 22.4 Å². The third-order valence-electron chi connectivity index (χ3n) is 4.87. The van der Waals surface area contributed by atoms with Crippen LogP contribution >= 0.6 is 11.6 Å². The van der Waals surface area contributed by atoms with Crippen molar-refractivity contribution in [1.29, 1.82) is 0 Å². The molecule has 162 valence electrons. The van der Waals surface area contributed by atoms with Gasteiger partial charge in [-0.1, -0.05) is 62.7 Å². The van der Waals surface area contributed by atoms with Gasteiger partial charge >= 0.3 is 0 Å². The first kappa shape index (κ1) is 22.5. The monoisotopic (exact) mass is 440 g/mol. The van der Waals surface area contributed by atoms with Crippen molar-refractivity contribution in [2.24, 2.45) is 5.41 Å². The second-order valence-electron chi connectivity index (χ2n) is 8.37. The lowest BCUT2D eigenvalue weighted by molar-refractivity contribution is -0.122. The third-order valence-corrected chi connectivity index (χ3v) is 5.17. The Kier molecular flexibility index (Phi) is 6.75. The largest absolute Gasteiger partial charge is 0.360 e. The number of carbonyl (C=O) groups is 1. The molecule has 1 unspecified atom stereocenters. The number of pyridine rings is 1. The molecule has 0 bridgehead atoms. The summed E-state index contributed by atoms with van der Waals surface area (Å²) in [5.41, 5.74) is -0.00816. The van der Waals surface area contributed by atoms with Crippen molar-refractivity contribution in [3.8, 4) is 0 Å². The van der Waals surface area contributed by atoms with Crippen molar-refractivity contribution in [2.45, 2.75) is 39.8 Å². The lowest BCUT2D eigenvalue weighted by Crippen LogP contribution is -2.51. The summed E-state index contributed by atoms with van der Waals surface area (Å²) in [4.78, 5) is 40.9. The van der Waals surface area contributed by atoms with E-state index in [0.29, 0.717) is 18.5 Å². The molecule has 1 aromatic heterocycles. The van der Waals surface area contributed by atoms with Gasteiger partial charge in [0.05, 0.1) is 5.69 Å². The Hall–Kier alpha value is -3.19. The van der Waals surface area contributed by atoms with E-state index in [-0.39, 0.29) is 22.4 Å². The van der Waals surface area contributed by atoms with Gasteiger partial charge in [-0.15, -0.1) is 0 Å². The summed E-state index contributed by atoms with van der Waals surface area (Å²) in [7, 11) is 0. The molecule has 0 saturated carbocycles. The second kappa shape index (κ2) is 9.31. The van der Waals surface area contributed by atoms with Crippen LogP contribution in [0.5, 0.6) is 0 Å². The number of amides is 1. The maximum atomic E-state index is 12.6. The first-order valence-electron chi connectivity index (χ1n) is 9.97. The zero-order chi connectivity index (χ0) is 22.6. The summed E-state index contributed by atoms with van der Waals surface area (Å²) in [6.07, 6.45) is 1.87. The van der Waals surface area contributed by atoms with Crippen LogP contribution in [0.2, 0.25) is 5.15 Å². The van der Waals surface area contributed by atoms with E-state index in [9.17, 15) is 14.4 Å². The van der Waals surface area contributed by atoms with Crippen molar-refractivity contribution < 1.29 is 4.79 Å². The van der Waals surface area contributed by atoms with Gasteiger partial charge in [0.15, 0.2) is 5.15 Å². The summed E-state index contributed by atoms with van der Waals surface area (Å²) in [6.45, 7) is 5.79. The number of nitrogens with zero attached hydrogens (tertiary/aromatic N) is 1. The van der Waals surface area contributed by atoms with Gasteiger partial charge in [0.1, 0.15) is 17.5 Å². The number of aromatic nitrogens is 1. The van der Waals surface area contributed by atoms with Crippen molar-refractivity contribution in [2.75, 3.05) is 10.6 Å². The maximum Gasteiger partial charge on any atom is 0.253 e. The first-order valence-corrected chi connectivity index (χ1v) is 10.4. The van der Waals surface area contributed by atoms with Crippen LogP contribution in [0.15, 0.2) is 58.3 Å². The number of carbonyl (C=O) groups excluding carboxylic acids is 1. The fourth-order valence-electron chi connectivity index (χ4n) is 3.01. The molecule has 0 aliphatic rings. The van der Waals surface area contributed by atoms with Crippen molar-refractivity contribution in [1.82, 2.24) is 10.3 Å². The van der Waals surface area contributed by atoms with Gasteiger partial charge in [0, 0.05) is 18.0 Å². The summed E-state index contributed by atoms with van der Waals surface area (Å²) in [6, 6.07) is 13.1. The average Bonchev–Trinajstić information content (AvgIpc) is 2.74. The molecule has 8 heteroatoms. The number of nitrogens with one attached hydrogen (secondary N) is 3. The molecule has 31 heavy (non-hydrogen) atoms. The molecule has 2 aromatic carbocycles. The highest BCUT2D eigenvalue weighted by atomic mass is 35.5. The Labute approximate surface area is 185 Å². The van der Waals surface area contributed by atoms with Crippen molar-refractivity contribution >= 4 is 34.6 Å². The standard InChI is InChI=1S/C23H25ClN4O3/c1-23(2,3)22(27-16(29)12-11-14-8-5-4-6-9-14)28-18-17(19(30)20(18)31)26-15-10-7-13-25-21(15)24/h4-10,13,22,26,28H,11-12H2,1-3H3,(H,27,29). The number of hydrogen-bond acceptors (Lipinski definition) is 6. The minimum absolute atomic E-state index is 0.104. The van der Waals surface area contributed by atoms with Crippen LogP contribution < -0.4 is 26.8 Å². The van der Waals surface area contributed by atoms with Gasteiger partial charge in [0.2, 0.25) is 5.91 Å². The Morgan fingerprint density at radius 3 is 2.35 bits per heavy atom. The number of aryl methyl sites for hydroxylation is 1. The molecule has 3 rings (SSSR count). The highest BCUT2D eigenvalue weighted by Crippen LogP contribution is 2.28. The molecule has 1 heterocycles. The molecular weight excluding hydrogens is 416 g/mol.